The van der Waals surface area contributed by atoms with Gasteiger partial charge in [0.05, 0.1) is 17.5 Å². The minimum Gasteiger partial charge on any atom is -0.355 e. The van der Waals surface area contributed by atoms with Crippen LogP contribution >= 0.6 is 34.9 Å². The second-order valence-electron chi connectivity index (χ2n) is 6.55. The van der Waals surface area contributed by atoms with Crippen LogP contribution in [0.3, 0.4) is 0 Å². The van der Waals surface area contributed by atoms with Crippen LogP contribution in [-0.4, -0.2) is 40.1 Å². The molecule has 2 N–H and O–H groups in total. The average Bonchev–Trinajstić information content (AvgIpc) is 3.46. The molecule has 2 amide bonds. The molecule has 1 aliphatic carbocycles. The fourth-order valence-electron chi connectivity index (χ4n) is 2.66. The van der Waals surface area contributed by atoms with Gasteiger partial charge in [-0.1, -0.05) is 72.1 Å². The summed E-state index contributed by atoms with van der Waals surface area (Å²) in [6.45, 7) is 2.71. The molecule has 1 aromatic carbocycles. The normalized spacial score (nSPS) is 14.5. The van der Waals surface area contributed by atoms with Gasteiger partial charge in [-0.3, -0.25) is 9.59 Å². The van der Waals surface area contributed by atoms with Crippen molar-refractivity contribution in [3.63, 3.8) is 0 Å². The number of thioether (sulfide) groups is 2. The lowest BCUT2D eigenvalue weighted by molar-refractivity contribution is -0.119. The van der Waals surface area contributed by atoms with Crippen molar-refractivity contribution in [3.05, 3.63) is 35.9 Å². The zero-order valence-electron chi connectivity index (χ0n) is 15.7. The topological polar surface area (TPSA) is 84.0 Å². The third-order valence-corrected chi connectivity index (χ3v) is 7.37. The highest BCUT2D eigenvalue weighted by atomic mass is 32.2. The van der Waals surface area contributed by atoms with Gasteiger partial charge in [0.25, 0.3) is 0 Å². The van der Waals surface area contributed by atoms with Gasteiger partial charge in [0.1, 0.15) is 0 Å². The lowest BCUT2D eigenvalue weighted by atomic mass is 10.0. The summed E-state index contributed by atoms with van der Waals surface area (Å²) in [6.07, 6.45) is 3.25. The van der Waals surface area contributed by atoms with Crippen molar-refractivity contribution in [3.8, 4) is 0 Å². The van der Waals surface area contributed by atoms with Crippen molar-refractivity contribution >= 4 is 46.7 Å². The molecule has 1 heterocycles. The molecule has 1 aliphatic rings. The number of hydrogen-bond acceptors (Lipinski definition) is 7. The quantitative estimate of drug-likeness (QED) is 0.525. The van der Waals surface area contributed by atoms with Crippen LogP contribution in [0.1, 0.15) is 37.8 Å². The molecule has 0 bridgehead atoms. The summed E-state index contributed by atoms with van der Waals surface area (Å²) < 4.78 is 1.49. The van der Waals surface area contributed by atoms with Gasteiger partial charge in [-0.2, -0.15) is 0 Å². The molecule has 2 aromatic rings. The number of amides is 2. The van der Waals surface area contributed by atoms with Gasteiger partial charge >= 0.3 is 0 Å². The molecule has 150 valence electrons. The molecule has 6 nitrogen and oxygen atoms in total. The summed E-state index contributed by atoms with van der Waals surface area (Å²) in [4.78, 5) is 24.1. The number of hydrogen-bond donors (Lipinski definition) is 2. The third-order valence-electron chi connectivity index (χ3n) is 4.18. The van der Waals surface area contributed by atoms with E-state index in [1.54, 1.807) is 0 Å². The van der Waals surface area contributed by atoms with E-state index in [2.05, 4.69) is 33.0 Å². The molecule has 3 rings (SSSR count). The Hall–Kier alpha value is -1.58. The molecule has 0 aliphatic heterocycles. The van der Waals surface area contributed by atoms with E-state index in [9.17, 15) is 9.59 Å². The number of aromatic nitrogens is 2. The van der Waals surface area contributed by atoms with Gasteiger partial charge < -0.3 is 10.6 Å². The first-order valence-corrected chi connectivity index (χ1v) is 12.1. The summed E-state index contributed by atoms with van der Waals surface area (Å²) in [7, 11) is 0. The maximum atomic E-state index is 12.4. The first-order chi connectivity index (χ1) is 13.7. The van der Waals surface area contributed by atoms with E-state index >= 15 is 0 Å². The molecule has 28 heavy (non-hydrogen) atoms. The van der Waals surface area contributed by atoms with Crippen molar-refractivity contribution in [2.75, 3.05) is 18.1 Å². The van der Waals surface area contributed by atoms with Gasteiger partial charge in [-0.25, -0.2) is 0 Å². The van der Waals surface area contributed by atoms with E-state index in [0.29, 0.717) is 24.0 Å². The third kappa shape index (κ3) is 6.79. The average molecular weight is 437 g/mol. The van der Waals surface area contributed by atoms with Crippen LogP contribution < -0.4 is 10.6 Å². The molecule has 1 aromatic heterocycles. The number of nitrogens with zero attached hydrogens (tertiary/aromatic N) is 2. The van der Waals surface area contributed by atoms with E-state index in [-0.39, 0.29) is 17.9 Å². The van der Waals surface area contributed by atoms with Crippen molar-refractivity contribution in [2.45, 2.75) is 40.9 Å². The number of carbonyl (C=O) groups is 2. The van der Waals surface area contributed by atoms with Crippen molar-refractivity contribution < 1.29 is 9.59 Å². The Morgan fingerprint density at radius 1 is 1.11 bits per heavy atom. The second kappa shape index (κ2) is 10.8. The highest BCUT2D eigenvalue weighted by molar-refractivity contribution is 8.03. The molecule has 1 unspecified atom stereocenters. The van der Waals surface area contributed by atoms with Crippen LogP contribution in [0.25, 0.3) is 0 Å². The van der Waals surface area contributed by atoms with E-state index < -0.39 is 0 Å². The molecular weight excluding hydrogens is 412 g/mol. The van der Waals surface area contributed by atoms with Crippen molar-refractivity contribution in [1.82, 2.24) is 20.8 Å². The molecule has 0 spiro atoms. The van der Waals surface area contributed by atoms with Crippen LogP contribution in [0.15, 0.2) is 39.0 Å². The maximum Gasteiger partial charge on any atom is 0.230 e. The Bertz CT molecular complexity index is 780. The van der Waals surface area contributed by atoms with Crippen LogP contribution in [0.2, 0.25) is 0 Å². The van der Waals surface area contributed by atoms with Crippen LogP contribution in [0.4, 0.5) is 0 Å². The number of rotatable bonds is 11. The van der Waals surface area contributed by atoms with E-state index in [4.69, 9.17) is 0 Å². The minimum atomic E-state index is 0.00246. The first kappa shape index (κ1) is 21.1. The highest BCUT2D eigenvalue weighted by Crippen LogP contribution is 2.41. The minimum absolute atomic E-state index is 0.00246. The van der Waals surface area contributed by atoms with E-state index in [0.717, 1.165) is 27.9 Å². The van der Waals surface area contributed by atoms with Crippen molar-refractivity contribution in [1.29, 1.82) is 0 Å². The number of benzene rings is 1. The Labute approximate surface area is 177 Å². The lowest BCUT2D eigenvalue weighted by Gasteiger charge is -2.18. The standard InChI is InChI=1S/C19H24N4O2S3/c1-2-10-20-15(24)11-26-18-22-23-19(28-18)27-12-16(25)21-17(14-8-9-14)13-6-4-3-5-7-13/h3-7,14,17H,2,8-12H2,1H3,(H,20,24)(H,21,25). The predicted molar refractivity (Wildman–Crippen MR) is 115 cm³/mol. The Kier molecular flexibility index (Phi) is 8.17. The van der Waals surface area contributed by atoms with Gasteiger partial charge in [0.2, 0.25) is 11.8 Å². The zero-order chi connectivity index (χ0) is 19.8. The summed E-state index contributed by atoms with van der Waals surface area (Å²) >= 11 is 4.18. The van der Waals surface area contributed by atoms with Crippen molar-refractivity contribution in [2.24, 2.45) is 5.92 Å². The van der Waals surface area contributed by atoms with Gasteiger partial charge in [0, 0.05) is 6.54 Å². The van der Waals surface area contributed by atoms with E-state index in [1.165, 1.54) is 40.4 Å². The largest absolute Gasteiger partial charge is 0.355 e. The molecule has 0 saturated heterocycles. The SMILES string of the molecule is CCCNC(=O)CSc1nnc(SCC(=O)NC(c2ccccc2)C2CC2)s1. The predicted octanol–water partition coefficient (Wildman–Crippen LogP) is 3.52. The number of carbonyl (C=O) groups excluding carboxylic acids is 2. The second-order valence-corrected chi connectivity index (χ2v) is 9.98. The van der Waals surface area contributed by atoms with Gasteiger partial charge in [-0.05, 0) is 30.7 Å². The summed E-state index contributed by atoms with van der Waals surface area (Å²) in [5, 5.41) is 14.2. The maximum absolute atomic E-state index is 12.4. The summed E-state index contributed by atoms with van der Waals surface area (Å²) in [5.74, 6) is 1.20. The Morgan fingerprint density at radius 3 is 2.36 bits per heavy atom. The molecular formula is C19H24N4O2S3. The Morgan fingerprint density at radius 2 is 1.75 bits per heavy atom. The molecule has 1 saturated carbocycles. The van der Waals surface area contributed by atoms with Crippen LogP contribution in [0.5, 0.6) is 0 Å². The van der Waals surface area contributed by atoms with Crippen LogP contribution in [0, 0.1) is 5.92 Å². The number of nitrogens with one attached hydrogen (secondary N) is 2. The molecule has 0 radical (unpaired) electrons. The van der Waals surface area contributed by atoms with Gasteiger partial charge in [-0.15, -0.1) is 10.2 Å². The molecule has 9 heteroatoms. The van der Waals surface area contributed by atoms with Crippen LogP contribution in [-0.2, 0) is 9.59 Å². The monoisotopic (exact) mass is 436 g/mol. The summed E-state index contributed by atoms with van der Waals surface area (Å²) in [5.41, 5.74) is 1.17. The highest BCUT2D eigenvalue weighted by Gasteiger charge is 2.33. The molecule has 1 fully saturated rings. The van der Waals surface area contributed by atoms with E-state index in [1.807, 2.05) is 25.1 Å². The molecule has 1 atom stereocenters. The smallest absolute Gasteiger partial charge is 0.230 e. The Balaban J connectivity index is 1.43. The fraction of sp³-hybridized carbons (Fsp3) is 0.474. The zero-order valence-corrected chi connectivity index (χ0v) is 18.2. The first-order valence-electron chi connectivity index (χ1n) is 9.35. The summed E-state index contributed by atoms with van der Waals surface area (Å²) in [6, 6.07) is 10.2. The fourth-order valence-corrected chi connectivity index (χ4v) is 5.32. The lowest BCUT2D eigenvalue weighted by Crippen LogP contribution is -2.31. The van der Waals surface area contributed by atoms with Gasteiger partial charge in [0.15, 0.2) is 8.68 Å².